The van der Waals surface area contributed by atoms with Crippen LogP contribution in [0.2, 0.25) is 0 Å². The minimum Gasteiger partial charge on any atom is -0.444 e. The first-order valence-corrected chi connectivity index (χ1v) is 6.95. The molecule has 1 heterocycles. The Hall–Kier alpha value is -2.63. The van der Waals surface area contributed by atoms with Crippen LogP contribution in [0.4, 0.5) is 4.79 Å². The van der Waals surface area contributed by atoms with Crippen LogP contribution in [0.25, 0.3) is 11.3 Å². The average Bonchev–Trinajstić information content (AvgIpc) is 2.44. The van der Waals surface area contributed by atoms with Crippen LogP contribution in [0.15, 0.2) is 41.2 Å². The lowest BCUT2D eigenvalue weighted by atomic mass is 10.1. The number of carbonyl (C=O) groups excluding carboxylic acids is 1. The van der Waals surface area contributed by atoms with Gasteiger partial charge in [-0.05, 0) is 38.5 Å². The maximum absolute atomic E-state index is 11.6. The third-order valence-corrected chi connectivity index (χ3v) is 2.74. The van der Waals surface area contributed by atoms with Gasteiger partial charge in [0.25, 0.3) is 5.56 Å². The van der Waals surface area contributed by atoms with Gasteiger partial charge in [-0.15, -0.1) is 0 Å². The van der Waals surface area contributed by atoms with E-state index in [-0.39, 0.29) is 5.56 Å². The van der Waals surface area contributed by atoms with E-state index in [1.54, 1.807) is 6.07 Å². The monoisotopic (exact) mass is 301 g/mol. The summed E-state index contributed by atoms with van der Waals surface area (Å²) in [5, 5.41) is 9.09. The fourth-order valence-corrected chi connectivity index (χ4v) is 1.83. The van der Waals surface area contributed by atoms with Gasteiger partial charge in [-0.1, -0.05) is 18.2 Å². The van der Waals surface area contributed by atoms with Gasteiger partial charge in [0.05, 0.1) is 5.69 Å². The molecule has 6 nitrogen and oxygen atoms in total. The molecule has 0 fully saturated rings. The summed E-state index contributed by atoms with van der Waals surface area (Å²) in [5.41, 5.74) is 1.67. The first-order valence-electron chi connectivity index (χ1n) is 6.95. The van der Waals surface area contributed by atoms with Crippen molar-refractivity contribution in [3.8, 4) is 11.3 Å². The lowest BCUT2D eigenvalue weighted by molar-refractivity contribution is 0.0523. The molecule has 0 aliphatic carbocycles. The Balaban J connectivity index is 2.04. The minimum atomic E-state index is -0.522. The number of alkyl carbamates (subject to hydrolysis) is 1. The Kier molecular flexibility index (Phi) is 4.60. The number of carbonyl (C=O) groups is 1. The largest absolute Gasteiger partial charge is 0.444 e. The maximum atomic E-state index is 11.6. The SMILES string of the molecule is CC(C)(C)OC(=O)NCc1cccc(-c2ccc(=O)[nH]n2)c1. The van der Waals surface area contributed by atoms with Crippen LogP contribution < -0.4 is 10.9 Å². The first kappa shape index (κ1) is 15.8. The van der Waals surface area contributed by atoms with Crippen LogP contribution in [0.5, 0.6) is 0 Å². The molecule has 0 bridgehead atoms. The predicted octanol–water partition coefficient (Wildman–Crippen LogP) is 2.46. The number of hydrogen-bond donors (Lipinski definition) is 2. The maximum Gasteiger partial charge on any atom is 0.407 e. The Morgan fingerprint density at radius 3 is 2.68 bits per heavy atom. The van der Waals surface area contributed by atoms with Gasteiger partial charge in [0.15, 0.2) is 0 Å². The Bertz CT molecular complexity index is 697. The molecule has 2 aromatic rings. The normalized spacial score (nSPS) is 11.0. The molecule has 0 aliphatic heterocycles. The number of ether oxygens (including phenoxy) is 1. The van der Waals surface area contributed by atoms with E-state index in [9.17, 15) is 9.59 Å². The summed E-state index contributed by atoms with van der Waals surface area (Å²) < 4.78 is 5.19. The van der Waals surface area contributed by atoms with Gasteiger partial charge < -0.3 is 10.1 Å². The molecule has 0 atom stereocenters. The second-order valence-corrected chi connectivity index (χ2v) is 5.86. The topological polar surface area (TPSA) is 84.1 Å². The fourth-order valence-electron chi connectivity index (χ4n) is 1.83. The third kappa shape index (κ3) is 4.73. The molecule has 0 aliphatic rings. The lowest BCUT2D eigenvalue weighted by Gasteiger charge is -2.19. The number of aromatic amines is 1. The molecule has 22 heavy (non-hydrogen) atoms. The summed E-state index contributed by atoms with van der Waals surface area (Å²) >= 11 is 0. The van der Waals surface area contributed by atoms with Crippen molar-refractivity contribution in [2.45, 2.75) is 32.9 Å². The molecular formula is C16H19N3O3. The highest BCUT2D eigenvalue weighted by molar-refractivity contribution is 5.68. The molecule has 2 rings (SSSR count). The molecule has 0 unspecified atom stereocenters. The fraction of sp³-hybridized carbons (Fsp3) is 0.312. The molecule has 0 radical (unpaired) electrons. The van der Waals surface area contributed by atoms with Crippen molar-refractivity contribution in [2.24, 2.45) is 0 Å². The van der Waals surface area contributed by atoms with E-state index >= 15 is 0 Å². The number of nitrogens with zero attached hydrogens (tertiary/aromatic N) is 1. The van der Waals surface area contributed by atoms with Crippen molar-refractivity contribution < 1.29 is 9.53 Å². The summed E-state index contributed by atoms with van der Waals surface area (Å²) in [6.45, 7) is 5.80. The van der Waals surface area contributed by atoms with Crippen molar-refractivity contribution in [1.29, 1.82) is 0 Å². The first-order chi connectivity index (χ1) is 10.3. The number of amides is 1. The molecule has 1 aromatic carbocycles. The molecule has 0 saturated heterocycles. The zero-order chi connectivity index (χ0) is 16.2. The van der Waals surface area contributed by atoms with Gasteiger partial charge >= 0.3 is 6.09 Å². The van der Waals surface area contributed by atoms with E-state index in [2.05, 4.69) is 15.5 Å². The highest BCUT2D eigenvalue weighted by atomic mass is 16.6. The Labute approximate surface area is 128 Å². The van der Waals surface area contributed by atoms with Gasteiger partial charge in [-0.3, -0.25) is 4.79 Å². The number of nitrogens with one attached hydrogen (secondary N) is 2. The van der Waals surface area contributed by atoms with Crippen LogP contribution in [-0.2, 0) is 11.3 Å². The van der Waals surface area contributed by atoms with Crippen LogP contribution in [0, 0.1) is 0 Å². The molecule has 6 heteroatoms. The summed E-state index contributed by atoms with van der Waals surface area (Å²) in [4.78, 5) is 22.7. The zero-order valence-electron chi connectivity index (χ0n) is 12.8. The molecule has 116 valence electrons. The van der Waals surface area contributed by atoms with Crippen molar-refractivity contribution >= 4 is 6.09 Å². The summed E-state index contributed by atoms with van der Waals surface area (Å²) in [6, 6.07) is 10.6. The highest BCUT2D eigenvalue weighted by Gasteiger charge is 2.15. The van der Waals surface area contributed by atoms with Crippen molar-refractivity contribution in [2.75, 3.05) is 0 Å². The molecule has 0 spiro atoms. The molecule has 1 amide bonds. The van der Waals surface area contributed by atoms with Crippen LogP contribution in [0.3, 0.4) is 0 Å². The second-order valence-electron chi connectivity index (χ2n) is 5.86. The van der Waals surface area contributed by atoms with E-state index in [0.717, 1.165) is 11.1 Å². The minimum absolute atomic E-state index is 0.244. The quantitative estimate of drug-likeness (QED) is 0.912. The third-order valence-electron chi connectivity index (χ3n) is 2.74. The van der Waals surface area contributed by atoms with Gasteiger partial charge in [0.1, 0.15) is 5.60 Å². The van der Waals surface area contributed by atoms with Crippen LogP contribution >= 0.6 is 0 Å². The number of rotatable bonds is 3. The zero-order valence-corrected chi connectivity index (χ0v) is 12.8. The second kappa shape index (κ2) is 6.43. The predicted molar refractivity (Wildman–Crippen MR) is 83.4 cm³/mol. The van der Waals surface area contributed by atoms with Crippen molar-refractivity contribution in [1.82, 2.24) is 15.5 Å². The Morgan fingerprint density at radius 1 is 1.27 bits per heavy atom. The highest BCUT2D eigenvalue weighted by Crippen LogP contribution is 2.16. The van der Waals surface area contributed by atoms with Gasteiger partial charge in [0.2, 0.25) is 0 Å². The van der Waals surface area contributed by atoms with E-state index in [1.807, 2.05) is 45.0 Å². The number of aromatic nitrogens is 2. The van der Waals surface area contributed by atoms with E-state index in [0.29, 0.717) is 12.2 Å². The smallest absolute Gasteiger partial charge is 0.407 e. The van der Waals surface area contributed by atoms with Crippen LogP contribution in [0.1, 0.15) is 26.3 Å². The van der Waals surface area contributed by atoms with Crippen molar-refractivity contribution in [3.63, 3.8) is 0 Å². The summed E-state index contributed by atoms with van der Waals surface area (Å²) in [7, 11) is 0. The number of H-pyrrole nitrogens is 1. The summed E-state index contributed by atoms with van der Waals surface area (Å²) in [5.74, 6) is 0. The van der Waals surface area contributed by atoms with E-state index in [4.69, 9.17) is 4.74 Å². The van der Waals surface area contributed by atoms with Gasteiger partial charge in [0, 0.05) is 18.2 Å². The van der Waals surface area contributed by atoms with E-state index in [1.165, 1.54) is 6.07 Å². The van der Waals surface area contributed by atoms with Gasteiger partial charge in [-0.2, -0.15) is 5.10 Å². The van der Waals surface area contributed by atoms with Crippen LogP contribution in [-0.4, -0.2) is 21.9 Å². The number of benzene rings is 1. The molecular weight excluding hydrogens is 282 g/mol. The number of hydrogen-bond acceptors (Lipinski definition) is 4. The Morgan fingerprint density at radius 2 is 2.05 bits per heavy atom. The standard InChI is InChI=1S/C16H19N3O3/c1-16(2,3)22-15(21)17-10-11-5-4-6-12(9-11)13-7-8-14(20)19-18-13/h4-9H,10H2,1-3H3,(H,17,21)(H,19,20). The van der Waals surface area contributed by atoms with E-state index < -0.39 is 11.7 Å². The molecule has 0 saturated carbocycles. The lowest BCUT2D eigenvalue weighted by Crippen LogP contribution is -2.32. The average molecular weight is 301 g/mol. The molecule has 1 aromatic heterocycles. The van der Waals surface area contributed by atoms with Crippen molar-refractivity contribution in [3.05, 3.63) is 52.3 Å². The molecule has 2 N–H and O–H groups in total. The summed E-state index contributed by atoms with van der Waals surface area (Å²) in [6.07, 6.45) is -0.458. The van der Waals surface area contributed by atoms with Gasteiger partial charge in [-0.25, -0.2) is 9.89 Å².